The summed E-state index contributed by atoms with van der Waals surface area (Å²) in [7, 11) is 3.77. The third kappa shape index (κ3) is 4.59. The Bertz CT molecular complexity index is 607. The third-order valence-corrected chi connectivity index (χ3v) is 4.78. The lowest BCUT2D eigenvalue weighted by atomic mass is 10.1. The quantitative estimate of drug-likeness (QED) is 0.813. The van der Waals surface area contributed by atoms with Crippen molar-refractivity contribution >= 4 is 35.1 Å². The van der Waals surface area contributed by atoms with E-state index >= 15 is 0 Å². The van der Waals surface area contributed by atoms with Gasteiger partial charge in [-0.3, -0.25) is 9.59 Å². The van der Waals surface area contributed by atoms with Crippen molar-refractivity contribution in [3.05, 3.63) is 33.8 Å². The summed E-state index contributed by atoms with van der Waals surface area (Å²) in [4.78, 5) is 26.9. The second-order valence-electron chi connectivity index (χ2n) is 6.05. The lowest BCUT2D eigenvalue weighted by Crippen LogP contribution is -2.41. The van der Waals surface area contributed by atoms with Gasteiger partial charge in [-0.2, -0.15) is 0 Å². The number of nitrogens with zero attached hydrogens (tertiary/aromatic N) is 2. The normalized spacial score (nSPS) is 19.7. The van der Waals surface area contributed by atoms with Crippen molar-refractivity contribution in [2.24, 2.45) is 5.92 Å². The summed E-state index contributed by atoms with van der Waals surface area (Å²) in [6, 6.07) is 5.39. The molecule has 1 aromatic rings. The van der Waals surface area contributed by atoms with E-state index in [-0.39, 0.29) is 24.3 Å². The average Bonchev–Trinajstić information content (AvgIpc) is 3.25. The van der Waals surface area contributed by atoms with Gasteiger partial charge in [0.2, 0.25) is 5.91 Å². The van der Waals surface area contributed by atoms with E-state index in [4.69, 9.17) is 28.3 Å². The first kappa shape index (κ1) is 18.0. The molecule has 0 aromatic heterocycles. The number of benzene rings is 1. The van der Waals surface area contributed by atoms with Crippen molar-refractivity contribution in [2.75, 3.05) is 33.7 Å². The molecule has 0 unspecified atom stereocenters. The van der Waals surface area contributed by atoms with Crippen molar-refractivity contribution < 1.29 is 14.7 Å². The van der Waals surface area contributed by atoms with E-state index in [0.717, 1.165) is 5.56 Å². The molecule has 1 aliphatic rings. The number of hydrogen-bond acceptors (Lipinski definition) is 3. The highest BCUT2D eigenvalue weighted by atomic mass is 35.5. The lowest BCUT2D eigenvalue weighted by Gasteiger charge is -2.23. The largest absolute Gasteiger partial charge is 0.480 e. The molecule has 0 saturated heterocycles. The summed E-state index contributed by atoms with van der Waals surface area (Å²) >= 11 is 12.2. The zero-order chi connectivity index (χ0) is 17.1. The molecule has 1 aliphatic carbocycles. The number of halogens is 2. The van der Waals surface area contributed by atoms with Crippen LogP contribution in [0, 0.1) is 5.92 Å². The zero-order valence-corrected chi connectivity index (χ0v) is 14.6. The molecule has 126 valence electrons. The van der Waals surface area contributed by atoms with Crippen LogP contribution in [-0.4, -0.2) is 60.5 Å². The molecule has 0 bridgehead atoms. The monoisotopic (exact) mass is 358 g/mol. The Kier molecular flexibility index (Phi) is 5.89. The summed E-state index contributed by atoms with van der Waals surface area (Å²) < 4.78 is 0. The highest BCUT2D eigenvalue weighted by Gasteiger charge is 2.46. The number of carboxylic acid groups (broad SMARTS) is 1. The predicted octanol–water partition coefficient (Wildman–Crippen LogP) is 2.57. The first-order valence-corrected chi connectivity index (χ1v) is 8.16. The molecule has 0 radical (unpaired) electrons. The van der Waals surface area contributed by atoms with Gasteiger partial charge >= 0.3 is 5.97 Å². The Hall–Kier alpha value is -1.30. The fourth-order valence-electron chi connectivity index (χ4n) is 2.60. The Morgan fingerprint density at radius 2 is 1.96 bits per heavy atom. The molecule has 2 rings (SSSR count). The molecular formula is C16H20Cl2N2O3. The highest BCUT2D eigenvalue weighted by molar-refractivity contribution is 6.42. The van der Waals surface area contributed by atoms with Gasteiger partial charge in [0.25, 0.3) is 0 Å². The second kappa shape index (κ2) is 7.51. The number of carbonyl (C=O) groups excluding carboxylic acids is 1. The number of carbonyl (C=O) groups is 2. The third-order valence-electron chi connectivity index (χ3n) is 3.94. The predicted molar refractivity (Wildman–Crippen MR) is 90.1 cm³/mol. The summed E-state index contributed by atoms with van der Waals surface area (Å²) in [6.07, 6.45) is 0.678. The number of hydrogen-bond donors (Lipinski definition) is 1. The van der Waals surface area contributed by atoms with Crippen LogP contribution in [-0.2, 0) is 9.59 Å². The van der Waals surface area contributed by atoms with E-state index in [0.29, 0.717) is 29.6 Å². The summed E-state index contributed by atoms with van der Waals surface area (Å²) in [5.74, 6) is -1.33. The van der Waals surface area contributed by atoms with Crippen LogP contribution in [0.15, 0.2) is 18.2 Å². The average molecular weight is 359 g/mol. The van der Waals surface area contributed by atoms with Crippen LogP contribution in [0.2, 0.25) is 10.0 Å². The van der Waals surface area contributed by atoms with Crippen LogP contribution in [0.4, 0.5) is 0 Å². The minimum atomic E-state index is -1.00. The molecule has 0 heterocycles. The molecule has 1 fully saturated rings. The van der Waals surface area contributed by atoms with Gasteiger partial charge in [0.1, 0.15) is 6.54 Å². The van der Waals surface area contributed by atoms with Crippen LogP contribution >= 0.6 is 23.2 Å². The van der Waals surface area contributed by atoms with Crippen molar-refractivity contribution in [2.45, 2.75) is 12.3 Å². The molecule has 23 heavy (non-hydrogen) atoms. The standard InChI is InChI=1S/C16H20Cl2N2O3/c1-19(2)6-7-20(9-14(21)22)16(23)12-8-11(12)10-4-3-5-13(17)15(10)18/h3-5,11-12H,6-9H2,1-2H3,(H,21,22)/t11-,12+/m1/s1. The maximum Gasteiger partial charge on any atom is 0.323 e. The SMILES string of the molecule is CN(C)CCN(CC(=O)O)C(=O)[C@H]1C[C@@H]1c1cccc(Cl)c1Cl. The molecule has 1 aromatic carbocycles. The molecule has 7 heteroatoms. The first-order chi connectivity index (χ1) is 10.8. The van der Waals surface area contributed by atoms with E-state index in [1.807, 2.05) is 31.1 Å². The van der Waals surface area contributed by atoms with E-state index in [2.05, 4.69) is 0 Å². The van der Waals surface area contributed by atoms with Crippen molar-refractivity contribution in [3.63, 3.8) is 0 Å². The van der Waals surface area contributed by atoms with Crippen LogP contribution in [0.25, 0.3) is 0 Å². The van der Waals surface area contributed by atoms with E-state index < -0.39 is 5.97 Å². The fraction of sp³-hybridized carbons (Fsp3) is 0.500. The lowest BCUT2D eigenvalue weighted by molar-refractivity contribution is -0.145. The summed E-state index contributed by atoms with van der Waals surface area (Å²) in [5.41, 5.74) is 0.861. The Morgan fingerprint density at radius 1 is 1.26 bits per heavy atom. The van der Waals surface area contributed by atoms with Crippen molar-refractivity contribution in [3.8, 4) is 0 Å². The van der Waals surface area contributed by atoms with Crippen molar-refractivity contribution in [1.82, 2.24) is 9.80 Å². The molecule has 1 N–H and O–H groups in total. The van der Waals surface area contributed by atoms with Gasteiger partial charge in [-0.1, -0.05) is 35.3 Å². The van der Waals surface area contributed by atoms with Gasteiger partial charge in [0.15, 0.2) is 0 Å². The Labute approximate surface area is 145 Å². The van der Waals surface area contributed by atoms with E-state index in [9.17, 15) is 9.59 Å². The minimum Gasteiger partial charge on any atom is -0.480 e. The molecule has 0 spiro atoms. The Morgan fingerprint density at radius 3 is 2.57 bits per heavy atom. The number of carboxylic acids is 1. The van der Waals surface area contributed by atoms with Crippen molar-refractivity contribution in [1.29, 1.82) is 0 Å². The van der Waals surface area contributed by atoms with Crippen LogP contribution < -0.4 is 0 Å². The van der Waals surface area contributed by atoms with Gasteiger partial charge in [-0.25, -0.2) is 0 Å². The van der Waals surface area contributed by atoms with E-state index in [1.165, 1.54) is 4.90 Å². The summed E-state index contributed by atoms with van der Waals surface area (Å²) in [5, 5.41) is 9.97. The van der Waals surface area contributed by atoms with E-state index in [1.54, 1.807) is 6.07 Å². The molecule has 1 saturated carbocycles. The maximum absolute atomic E-state index is 12.6. The van der Waals surface area contributed by atoms with Gasteiger partial charge in [-0.15, -0.1) is 0 Å². The van der Waals surface area contributed by atoms with Gasteiger partial charge < -0.3 is 14.9 Å². The number of rotatable bonds is 7. The number of aliphatic carboxylic acids is 1. The molecule has 0 aliphatic heterocycles. The summed E-state index contributed by atoms with van der Waals surface area (Å²) in [6.45, 7) is 0.734. The molecular weight excluding hydrogens is 339 g/mol. The highest BCUT2D eigenvalue weighted by Crippen LogP contribution is 2.51. The van der Waals surface area contributed by atoms with Crippen LogP contribution in [0.3, 0.4) is 0 Å². The maximum atomic E-state index is 12.6. The zero-order valence-electron chi connectivity index (χ0n) is 13.1. The van der Waals surface area contributed by atoms with Gasteiger partial charge in [0, 0.05) is 19.0 Å². The van der Waals surface area contributed by atoms with Gasteiger partial charge in [-0.05, 0) is 38.1 Å². The molecule has 5 nitrogen and oxygen atoms in total. The Balaban J connectivity index is 2.06. The molecule has 2 atom stereocenters. The number of amides is 1. The first-order valence-electron chi connectivity index (χ1n) is 7.40. The van der Waals surface area contributed by atoms with Crippen LogP contribution in [0.5, 0.6) is 0 Å². The van der Waals surface area contributed by atoms with Crippen LogP contribution in [0.1, 0.15) is 17.9 Å². The van der Waals surface area contributed by atoms with Gasteiger partial charge in [0.05, 0.1) is 10.0 Å². The topological polar surface area (TPSA) is 60.9 Å². The minimum absolute atomic E-state index is 0.0179. The smallest absolute Gasteiger partial charge is 0.323 e. The molecule has 1 amide bonds. The second-order valence-corrected chi connectivity index (χ2v) is 6.83. The number of likely N-dealkylation sites (N-methyl/N-ethyl adjacent to an activating group) is 1. The fourth-order valence-corrected chi connectivity index (χ4v) is 3.05.